The Labute approximate surface area is 241 Å². The maximum atomic E-state index is 12.6. The minimum Gasteiger partial charge on any atom is -0.446 e. The van der Waals surface area contributed by atoms with Crippen LogP contribution in [0.25, 0.3) is 0 Å². The number of nitrogens with one attached hydrogen (secondary N) is 1. The van der Waals surface area contributed by atoms with Crippen LogP contribution >= 0.6 is 0 Å². The molecule has 4 aliphatic carbocycles. The summed E-state index contributed by atoms with van der Waals surface area (Å²) in [6, 6.07) is 18.4. The van der Waals surface area contributed by atoms with Crippen LogP contribution in [0, 0.1) is 47.3 Å². The third-order valence-corrected chi connectivity index (χ3v) is 12.3. The second-order valence-electron chi connectivity index (χ2n) is 14.3. The molecule has 2 N–H and O–H groups in total. The molecule has 9 atom stereocenters. The van der Waals surface area contributed by atoms with E-state index in [0.717, 1.165) is 55.5 Å². The summed E-state index contributed by atoms with van der Waals surface area (Å²) in [7, 11) is 0. The first-order valence-corrected chi connectivity index (χ1v) is 16.0. The number of para-hydroxylation sites is 1. The fraction of sp³-hybridized carbons (Fsp3) is 0.639. The van der Waals surface area contributed by atoms with Crippen molar-refractivity contribution in [2.75, 3.05) is 5.32 Å². The van der Waals surface area contributed by atoms with Gasteiger partial charge in [-0.1, -0.05) is 61.9 Å². The van der Waals surface area contributed by atoms with Crippen molar-refractivity contribution >= 4 is 11.8 Å². The van der Waals surface area contributed by atoms with E-state index in [1.807, 2.05) is 30.3 Å². The molecule has 0 saturated heterocycles. The lowest BCUT2D eigenvalue weighted by molar-refractivity contribution is -0.133. The van der Waals surface area contributed by atoms with Crippen LogP contribution in [-0.4, -0.2) is 23.4 Å². The molecule has 6 rings (SSSR count). The number of aryl methyl sites for hydroxylation is 2. The Morgan fingerprint density at radius 3 is 2.42 bits per heavy atom. The Balaban J connectivity index is 1.07. The van der Waals surface area contributed by atoms with Gasteiger partial charge in [0.25, 0.3) is 0 Å². The predicted molar refractivity (Wildman–Crippen MR) is 161 cm³/mol. The maximum Gasteiger partial charge on any atom is 0.411 e. The number of anilines is 1. The van der Waals surface area contributed by atoms with Crippen molar-refractivity contribution in [3.05, 3.63) is 65.7 Å². The number of carbonyl (C=O) groups is 1. The lowest BCUT2D eigenvalue weighted by atomic mass is 9.44. The number of hydrogen-bond acceptors (Lipinski definition) is 3. The van der Waals surface area contributed by atoms with Crippen LogP contribution < -0.4 is 5.32 Å². The van der Waals surface area contributed by atoms with Crippen molar-refractivity contribution < 1.29 is 14.6 Å². The summed E-state index contributed by atoms with van der Waals surface area (Å²) in [4.78, 5) is 12.6. The molecule has 4 fully saturated rings. The fourth-order valence-corrected chi connectivity index (χ4v) is 10.1. The molecule has 4 saturated carbocycles. The average Bonchev–Trinajstić information content (AvgIpc) is 3.30. The highest BCUT2D eigenvalue weighted by atomic mass is 16.6. The summed E-state index contributed by atoms with van der Waals surface area (Å²) >= 11 is 0. The first-order valence-electron chi connectivity index (χ1n) is 16.0. The van der Waals surface area contributed by atoms with Crippen molar-refractivity contribution in [1.29, 1.82) is 0 Å². The van der Waals surface area contributed by atoms with Crippen LogP contribution in [0.1, 0.15) is 89.2 Å². The molecule has 1 amide bonds. The summed E-state index contributed by atoms with van der Waals surface area (Å²) in [5, 5.41) is 14.3. The molecule has 216 valence electrons. The number of benzene rings is 2. The normalized spacial score (nSPS) is 37.5. The van der Waals surface area contributed by atoms with Gasteiger partial charge in [-0.25, -0.2) is 4.79 Å². The second kappa shape index (κ2) is 11.2. The molecule has 2 aromatic carbocycles. The molecule has 0 bridgehead atoms. The highest BCUT2D eigenvalue weighted by Gasteiger charge is 2.61. The topological polar surface area (TPSA) is 58.6 Å². The van der Waals surface area contributed by atoms with E-state index in [4.69, 9.17) is 4.74 Å². The van der Waals surface area contributed by atoms with Gasteiger partial charge in [-0.15, -0.1) is 0 Å². The summed E-state index contributed by atoms with van der Waals surface area (Å²) in [6.45, 7) is 7.23. The molecule has 0 heterocycles. The highest BCUT2D eigenvalue weighted by Crippen LogP contribution is 2.68. The van der Waals surface area contributed by atoms with E-state index in [-0.39, 0.29) is 23.7 Å². The number of amides is 1. The van der Waals surface area contributed by atoms with Gasteiger partial charge in [-0.05, 0) is 136 Å². The molecule has 4 aliphatic rings. The first-order chi connectivity index (χ1) is 19.3. The van der Waals surface area contributed by atoms with Gasteiger partial charge in [0.15, 0.2) is 0 Å². The monoisotopic (exact) mass is 543 g/mol. The zero-order valence-corrected chi connectivity index (χ0v) is 24.8. The minimum atomic E-state index is -0.320. The van der Waals surface area contributed by atoms with E-state index in [0.29, 0.717) is 17.3 Å². The largest absolute Gasteiger partial charge is 0.446 e. The molecule has 0 aliphatic heterocycles. The molecular formula is C36H49NO3. The number of aliphatic hydroxyl groups excluding tert-OH is 1. The van der Waals surface area contributed by atoms with Crippen molar-refractivity contribution in [3.63, 3.8) is 0 Å². The Morgan fingerprint density at radius 2 is 1.65 bits per heavy atom. The predicted octanol–water partition coefficient (Wildman–Crippen LogP) is 8.56. The molecule has 0 unspecified atom stereocenters. The van der Waals surface area contributed by atoms with E-state index in [1.54, 1.807) is 0 Å². The smallest absolute Gasteiger partial charge is 0.411 e. The quantitative estimate of drug-likeness (QED) is 0.384. The number of carbonyl (C=O) groups excluding carboxylic acids is 1. The molecule has 4 heteroatoms. The molecule has 40 heavy (non-hydrogen) atoms. The Morgan fingerprint density at radius 1 is 0.925 bits per heavy atom. The number of rotatable bonds is 6. The van der Waals surface area contributed by atoms with Crippen LogP contribution in [0.4, 0.5) is 10.5 Å². The minimum absolute atomic E-state index is 0.0201. The highest BCUT2D eigenvalue weighted by molar-refractivity contribution is 5.84. The van der Waals surface area contributed by atoms with Gasteiger partial charge < -0.3 is 9.84 Å². The molecule has 4 nitrogen and oxygen atoms in total. The van der Waals surface area contributed by atoms with Crippen LogP contribution in [0.5, 0.6) is 0 Å². The Hall–Kier alpha value is -2.33. The number of fused-ring (bicyclic) bond motifs is 5. The lowest BCUT2D eigenvalue weighted by Gasteiger charge is -2.61. The molecule has 0 radical (unpaired) electrons. The molecule has 0 aromatic heterocycles. The van der Waals surface area contributed by atoms with Gasteiger partial charge in [-0.2, -0.15) is 0 Å². The van der Waals surface area contributed by atoms with Crippen molar-refractivity contribution in [2.24, 2.45) is 40.4 Å². The maximum absolute atomic E-state index is 12.6. The van der Waals surface area contributed by atoms with Crippen LogP contribution in [0.3, 0.4) is 0 Å². The van der Waals surface area contributed by atoms with Crippen LogP contribution in [0.15, 0.2) is 54.6 Å². The van der Waals surface area contributed by atoms with Gasteiger partial charge >= 0.3 is 6.09 Å². The molecular weight excluding hydrogens is 494 g/mol. The number of aliphatic hydroxyl groups is 1. The van der Waals surface area contributed by atoms with E-state index in [9.17, 15) is 9.90 Å². The van der Waals surface area contributed by atoms with E-state index < -0.39 is 0 Å². The zero-order valence-electron chi connectivity index (χ0n) is 24.8. The van der Waals surface area contributed by atoms with Gasteiger partial charge in [0.1, 0.15) is 6.10 Å². The van der Waals surface area contributed by atoms with Crippen molar-refractivity contribution in [1.82, 2.24) is 0 Å². The lowest BCUT2D eigenvalue weighted by Crippen LogP contribution is -2.54. The van der Waals surface area contributed by atoms with Gasteiger partial charge in [0, 0.05) is 5.69 Å². The first kappa shape index (κ1) is 27.8. The molecule has 0 spiro atoms. The fourth-order valence-electron chi connectivity index (χ4n) is 10.1. The Kier molecular flexibility index (Phi) is 7.76. The summed E-state index contributed by atoms with van der Waals surface area (Å²) in [6.07, 6.45) is 12.1. The number of hydrogen-bond donors (Lipinski definition) is 2. The van der Waals surface area contributed by atoms with Crippen LogP contribution in [0.2, 0.25) is 0 Å². The Bertz CT molecular complexity index is 1160. The van der Waals surface area contributed by atoms with Crippen LogP contribution in [-0.2, 0) is 11.2 Å². The SMILES string of the molecule is Cc1ccc(CC[C@@H](O)[C@H]2CC[C@H]3[C@@H]4CC[C@H]5C[C@@H](OC(=O)Nc6ccccc6)CC[C@]5(C)[C@H]4CC[C@]23C)cc1. The third kappa shape index (κ3) is 5.22. The number of ether oxygens (including phenoxy) is 1. The summed E-state index contributed by atoms with van der Waals surface area (Å²) in [5.74, 6) is 3.37. The van der Waals surface area contributed by atoms with Gasteiger partial charge in [-0.3, -0.25) is 5.32 Å². The van der Waals surface area contributed by atoms with E-state index in [1.165, 1.54) is 49.7 Å². The third-order valence-electron chi connectivity index (χ3n) is 12.3. The van der Waals surface area contributed by atoms with Gasteiger partial charge in [0.2, 0.25) is 0 Å². The van der Waals surface area contributed by atoms with E-state index >= 15 is 0 Å². The van der Waals surface area contributed by atoms with E-state index in [2.05, 4.69) is 50.4 Å². The summed E-state index contributed by atoms with van der Waals surface area (Å²) < 4.78 is 5.93. The average molecular weight is 544 g/mol. The van der Waals surface area contributed by atoms with Gasteiger partial charge in [0.05, 0.1) is 6.10 Å². The summed E-state index contributed by atoms with van der Waals surface area (Å²) in [5.41, 5.74) is 4.05. The second-order valence-corrected chi connectivity index (χ2v) is 14.3. The molecule has 2 aromatic rings. The van der Waals surface area contributed by atoms with Crippen molar-refractivity contribution in [3.8, 4) is 0 Å². The zero-order chi connectivity index (χ0) is 27.9. The van der Waals surface area contributed by atoms with Crippen molar-refractivity contribution in [2.45, 2.75) is 104 Å². The standard InChI is InChI=1S/C36H49NO3/c1-24-9-11-25(12-10-24)13-18-33(38)32-17-16-30-29-15-14-26-23-28(40-34(39)37-27-7-5-4-6-8-27)19-21-35(26,2)31(29)20-22-36(30,32)3/h4-12,26,28-33,38H,13-23H2,1-3H3,(H,37,39)/t26-,28-,29-,30-,31-,32+,33+,35-,36-/m0/s1.